The Kier molecular flexibility index (Phi) is 8.21. The predicted octanol–water partition coefficient (Wildman–Crippen LogP) is 4.70. The summed E-state index contributed by atoms with van der Waals surface area (Å²) in [4.78, 5) is 13.1. The van der Waals surface area contributed by atoms with Gasteiger partial charge in [0.1, 0.15) is 11.0 Å². The van der Waals surface area contributed by atoms with E-state index in [1.165, 1.54) is 13.0 Å². The fourth-order valence-corrected chi connectivity index (χ4v) is 2.69. The summed E-state index contributed by atoms with van der Waals surface area (Å²) in [6, 6.07) is 10.8. The van der Waals surface area contributed by atoms with Crippen molar-refractivity contribution in [1.82, 2.24) is 0 Å². The Morgan fingerprint density at radius 1 is 1.38 bits per heavy atom. The van der Waals surface area contributed by atoms with Crippen LogP contribution in [0.5, 0.6) is 0 Å². The summed E-state index contributed by atoms with van der Waals surface area (Å²) in [5.41, 5.74) is 1.02. The SMILES string of the molecule is C=C/C(S/C(C#N)=C(\C)C#N)=C(/S)C(=O)CNc1ccc(Cl)cc1. The molecule has 0 aliphatic rings. The van der Waals surface area contributed by atoms with Crippen molar-refractivity contribution >= 4 is 47.5 Å². The van der Waals surface area contributed by atoms with E-state index in [1.807, 2.05) is 12.1 Å². The standard InChI is InChI=1S/C17H14ClN3OS2/c1-3-15(24-16(9-20)11(2)8-19)17(23)14(22)10-21-13-6-4-12(18)5-7-13/h3-7,21,23H,1,10H2,2H3/b16-11+,17-15-. The van der Waals surface area contributed by atoms with Gasteiger partial charge in [-0.05, 0) is 31.2 Å². The average molecular weight is 376 g/mol. The number of nitrogens with zero attached hydrogens (tertiary/aromatic N) is 2. The Morgan fingerprint density at radius 3 is 2.50 bits per heavy atom. The number of hydrogen-bond donors (Lipinski definition) is 2. The molecule has 0 unspecified atom stereocenters. The molecular weight excluding hydrogens is 362 g/mol. The van der Waals surface area contributed by atoms with Crippen molar-refractivity contribution in [2.75, 3.05) is 11.9 Å². The van der Waals surface area contributed by atoms with E-state index in [2.05, 4.69) is 24.5 Å². The highest BCUT2D eigenvalue weighted by Gasteiger charge is 2.13. The second-order valence-electron chi connectivity index (χ2n) is 4.48. The van der Waals surface area contributed by atoms with Crippen LogP contribution in [0.3, 0.4) is 0 Å². The molecule has 4 nitrogen and oxygen atoms in total. The Labute approximate surface area is 155 Å². The Balaban J connectivity index is 2.88. The van der Waals surface area contributed by atoms with Gasteiger partial charge in [-0.1, -0.05) is 36.0 Å². The molecule has 1 aromatic carbocycles. The lowest BCUT2D eigenvalue weighted by Gasteiger charge is -2.09. The zero-order valence-electron chi connectivity index (χ0n) is 12.8. The number of ketones is 1. The number of carbonyl (C=O) groups is 1. The molecule has 0 aliphatic heterocycles. The van der Waals surface area contributed by atoms with Crippen LogP contribution in [0.2, 0.25) is 5.02 Å². The van der Waals surface area contributed by atoms with Crippen molar-refractivity contribution in [3.8, 4) is 12.1 Å². The quantitative estimate of drug-likeness (QED) is 0.312. The Hall–Kier alpha value is -2.12. The molecule has 24 heavy (non-hydrogen) atoms. The maximum Gasteiger partial charge on any atom is 0.189 e. The molecule has 1 rings (SSSR count). The maximum atomic E-state index is 12.2. The lowest BCUT2D eigenvalue weighted by Crippen LogP contribution is -2.14. The van der Waals surface area contributed by atoms with Gasteiger partial charge in [0.2, 0.25) is 0 Å². The van der Waals surface area contributed by atoms with E-state index in [4.69, 9.17) is 22.1 Å². The van der Waals surface area contributed by atoms with Crippen LogP contribution in [0.15, 0.2) is 57.2 Å². The van der Waals surface area contributed by atoms with Crippen LogP contribution >= 0.6 is 36.0 Å². The van der Waals surface area contributed by atoms with Crippen LogP contribution in [0.25, 0.3) is 0 Å². The van der Waals surface area contributed by atoms with E-state index in [0.29, 0.717) is 9.93 Å². The monoisotopic (exact) mass is 375 g/mol. The Morgan fingerprint density at radius 2 is 2.00 bits per heavy atom. The van der Waals surface area contributed by atoms with Gasteiger partial charge in [-0.15, -0.1) is 12.6 Å². The molecule has 0 bridgehead atoms. The molecule has 0 spiro atoms. The number of nitriles is 2. The summed E-state index contributed by atoms with van der Waals surface area (Å²) in [7, 11) is 0. The molecule has 0 heterocycles. The highest BCUT2D eigenvalue weighted by Crippen LogP contribution is 2.32. The number of rotatable bonds is 7. The normalized spacial score (nSPS) is 12.2. The fraction of sp³-hybridized carbons (Fsp3) is 0.118. The highest BCUT2D eigenvalue weighted by atomic mass is 35.5. The molecule has 0 saturated heterocycles. The highest BCUT2D eigenvalue weighted by molar-refractivity contribution is 8.07. The summed E-state index contributed by atoms with van der Waals surface area (Å²) < 4.78 is 0. The molecule has 122 valence electrons. The third-order valence-electron chi connectivity index (χ3n) is 2.80. The molecule has 0 fully saturated rings. The average Bonchev–Trinajstić information content (AvgIpc) is 2.60. The molecule has 0 saturated carbocycles. The molecule has 7 heteroatoms. The van der Waals surface area contributed by atoms with Gasteiger partial charge in [0.15, 0.2) is 5.78 Å². The van der Waals surface area contributed by atoms with Crippen LogP contribution in [0.4, 0.5) is 5.69 Å². The summed E-state index contributed by atoms with van der Waals surface area (Å²) >= 11 is 11.0. The number of allylic oxidation sites excluding steroid dienone is 3. The number of anilines is 1. The minimum absolute atomic E-state index is 0.0290. The van der Waals surface area contributed by atoms with Crippen molar-refractivity contribution in [2.45, 2.75) is 6.92 Å². The minimum atomic E-state index is -0.261. The lowest BCUT2D eigenvalue weighted by molar-refractivity contribution is -0.113. The summed E-state index contributed by atoms with van der Waals surface area (Å²) in [6.07, 6.45) is 1.44. The lowest BCUT2D eigenvalue weighted by atomic mass is 10.3. The van der Waals surface area contributed by atoms with Gasteiger partial charge in [-0.2, -0.15) is 10.5 Å². The molecule has 0 radical (unpaired) electrons. The summed E-state index contributed by atoms with van der Waals surface area (Å²) in [5, 5.41) is 21.6. The van der Waals surface area contributed by atoms with E-state index in [-0.39, 0.29) is 27.7 Å². The van der Waals surface area contributed by atoms with Crippen molar-refractivity contribution < 1.29 is 4.79 Å². The molecule has 0 amide bonds. The van der Waals surface area contributed by atoms with Crippen molar-refractivity contribution in [1.29, 1.82) is 10.5 Å². The van der Waals surface area contributed by atoms with E-state index in [9.17, 15) is 4.79 Å². The van der Waals surface area contributed by atoms with Crippen molar-refractivity contribution in [3.63, 3.8) is 0 Å². The number of benzene rings is 1. The zero-order chi connectivity index (χ0) is 18.1. The first-order valence-corrected chi connectivity index (χ1v) is 8.34. The molecule has 0 aromatic heterocycles. The molecule has 1 aromatic rings. The fourth-order valence-electron chi connectivity index (χ4n) is 1.50. The van der Waals surface area contributed by atoms with Crippen LogP contribution in [-0.2, 0) is 4.79 Å². The molecule has 1 N–H and O–H groups in total. The third-order valence-corrected chi connectivity index (χ3v) is 4.89. The predicted molar refractivity (Wildman–Crippen MR) is 103 cm³/mol. The zero-order valence-corrected chi connectivity index (χ0v) is 15.3. The van der Waals surface area contributed by atoms with Crippen LogP contribution in [0.1, 0.15) is 6.92 Å². The van der Waals surface area contributed by atoms with Gasteiger partial charge in [0, 0.05) is 15.6 Å². The molecule has 0 aliphatic carbocycles. The van der Waals surface area contributed by atoms with Gasteiger partial charge in [-0.3, -0.25) is 4.79 Å². The summed E-state index contributed by atoms with van der Waals surface area (Å²) in [5.74, 6) is -0.261. The second kappa shape index (κ2) is 9.89. The number of Topliss-reactive ketones (excluding diaryl/α,β-unsaturated/α-hetero) is 1. The number of nitrogens with one attached hydrogen (secondary N) is 1. The first-order valence-electron chi connectivity index (χ1n) is 6.70. The third kappa shape index (κ3) is 5.82. The van der Waals surface area contributed by atoms with Gasteiger partial charge in [0.05, 0.1) is 23.1 Å². The maximum absolute atomic E-state index is 12.2. The van der Waals surface area contributed by atoms with E-state index in [1.54, 1.807) is 24.3 Å². The molecular formula is C17H14ClN3OS2. The first-order chi connectivity index (χ1) is 11.4. The van der Waals surface area contributed by atoms with Gasteiger partial charge in [0.25, 0.3) is 0 Å². The van der Waals surface area contributed by atoms with Crippen LogP contribution < -0.4 is 5.32 Å². The van der Waals surface area contributed by atoms with Gasteiger partial charge >= 0.3 is 0 Å². The van der Waals surface area contributed by atoms with Crippen LogP contribution in [-0.4, -0.2) is 12.3 Å². The number of carbonyl (C=O) groups excluding carboxylic acids is 1. The van der Waals surface area contributed by atoms with E-state index < -0.39 is 0 Å². The first kappa shape index (κ1) is 19.9. The van der Waals surface area contributed by atoms with Gasteiger partial charge < -0.3 is 5.32 Å². The largest absolute Gasteiger partial charge is 0.378 e. The second-order valence-corrected chi connectivity index (χ2v) is 6.42. The Bertz CT molecular complexity index is 784. The smallest absolute Gasteiger partial charge is 0.189 e. The van der Waals surface area contributed by atoms with Crippen LogP contribution in [0, 0.1) is 22.7 Å². The minimum Gasteiger partial charge on any atom is -0.378 e. The van der Waals surface area contributed by atoms with E-state index >= 15 is 0 Å². The van der Waals surface area contributed by atoms with Crippen molar-refractivity contribution in [2.24, 2.45) is 0 Å². The van der Waals surface area contributed by atoms with E-state index in [0.717, 1.165) is 17.4 Å². The van der Waals surface area contributed by atoms with Gasteiger partial charge in [-0.25, -0.2) is 0 Å². The number of thiol groups is 1. The topological polar surface area (TPSA) is 76.7 Å². The number of halogens is 1. The number of hydrogen-bond acceptors (Lipinski definition) is 6. The van der Waals surface area contributed by atoms with Crippen molar-refractivity contribution in [3.05, 3.63) is 62.2 Å². The number of thioether (sulfide) groups is 1. The summed E-state index contributed by atoms with van der Waals surface area (Å²) in [6.45, 7) is 5.20. The molecule has 0 atom stereocenters.